The van der Waals surface area contributed by atoms with Crippen molar-refractivity contribution >= 4 is 11.9 Å². The number of ether oxygens (including phenoxy) is 1. The highest BCUT2D eigenvalue weighted by Crippen LogP contribution is 2.06. The van der Waals surface area contributed by atoms with Crippen LogP contribution in [0.15, 0.2) is 18.3 Å². The van der Waals surface area contributed by atoms with Gasteiger partial charge >= 0.3 is 5.97 Å². The molecule has 0 saturated heterocycles. The number of aliphatic carboxylic acids is 1. The van der Waals surface area contributed by atoms with Gasteiger partial charge in [-0.3, -0.25) is 9.59 Å². The van der Waals surface area contributed by atoms with Gasteiger partial charge in [-0.25, -0.2) is 4.98 Å². The van der Waals surface area contributed by atoms with Crippen LogP contribution in [0.4, 0.5) is 0 Å². The molecule has 0 unspecified atom stereocenters. The molecule has 0 aliphatic heterocycles. The number of hydrogen-bond acceptors (Lipinski definition) is 4. The molecule has 0 bridgehead atoms. The third-order valence-corrected chi connectivity index (χ3v) is 2.06. The monoisotopic (exact) mass is 238 g/mol. The molecule has 0 aliphatic rings. The van der Waals surface area contributed by atoms with Crippen LogP contribution in [0, 0.1) is 0 Å². The quantitative estimate of drug-likeness (QED) is 0.711. The van der Waals surface area contributed by atoms with Crippen LogP contribution in [0.5, 0.6) is 5.88 Å². The summed E-state index contributed by atoms with van der Waals surface area (Å²) in [5.41, 5.74) is 0.418. The Morgan fingerprint density at radius 2 is 2.24 bits per heavy atom. The van der Waals surface area contributed by atoms with Crippen molar-refractivity contribution in [2.75, 3.05) is 13.7 Å². The highest BCUT2D eigenvalue weighted by molar-refractivity contribution is 5.93. The topological polar surface area (TPSA) is 88.5 Å². The zero-order chi connectivity index (χ0) is 12.7. The van der Waals surface area contributed by atoms with Crippen LogP contribution >= 0.6 is 0 Å². The molecule has 92 valence electrons. The maximum Gasteiger partial charge on any atom is 0.303 e. The Morgan fingerprint density at radius 1 is 1.47 bits per heavy atom. The first-order valence-corrected chi connectivity index (χ1v) is 5.13. The Kier molecular flexibility index (Phi) is 4.93. The first-order valence-electron chi connectivity index (χ1n) is 5.13. The molecule has 0 spiro atoms. The minimum Gasteiger partial charge on any atom is -0.481 e. The molecular weight excluding hydrogens is 224 g/mol. The van der Waals surface area contributed by atoms with E-state index in [1.54, 1.807) is 12.1 Å². The van der Waals surface area contributed by atoms with Gasteiger partial charge in [-0.15, -0.1) is 0 Å². The van der Waals surface area contributed by atoms with E-state index in [1.165, 1.54) is 13.3 Å². The summed E-state index contributed by atoms with van der Waals surface area (Å²) in [5.74, 6) is -0.705. The number of rotatable bonds is 6. The van der Waals surface area contributed by atoms with E-state index >= 15 is 0 Å². The smallest absolute Gasteiger partial charge is 0.303 e. The number of carbonyl (C=O) groups is 2. The summed E-state index contributed by atoms with van der Waals surface area (Å²) in [6, 6.07) is 3.19. The molecule has 1 aromatic rings. The Bertz CT molecular complexity index is 389. The highest BCUT2D eigenvalue weighted by atomic mass is 16.5. The first kappa shape index (κ1) is 13.0. The van der Waals surface area contributed by atoms with Gasteiger partial charge in [0.15, 0.2) is 0 Å². The predicted molar refractivity (Wildman–Crippen MR) is 60.0 cm³/mol. The average Bonchev–Trinajstić information content (AvgIpc) is 2.34. The van der Waals surface area contributed by atoms with E-state index in [1.807, 2.05) is 0 Å². The third kappa shape index (κ3) is 4.50. The van der Waals surface area contributed by atoms with Gasteiger partial charge in [0, 0.05) is 25.2 Å². The number of methoxy groups -OCH3 is 1. The summed E-state index contributed by atoms with van der Waals surface area (Å²) in [6.07, 6.45) is 1.86. The summed E-state index contributed by atoms with van der Waals surface area (Å²) in [5, 5.41) is 11.0. The lowest BCUT2D eigenvalue weighted by molar-refractivity contribution is -0.137. The third-order valence-electron chi connectivity index (χ3n) is 2.06. The molecule has 6 nitrogen and oxygen atoms in total. The Hall–Kier alpha value is -2.11. The van der Waals surface area contributed by atoms with E-state index in [9.17, 15) is 9.59 Å². The Morgan fingerprint density at radius 3 is 2.76 bits per heavy atom. The first-order chi connectivity index (χ1) is 8.13. The maximum absolute atomic E-state index is 11.5. The van der Waals surface area contributed by atoms with E-state index in [0.717, 1.165) is 0 Å². The number of pyridine rings is 1. The normalized spacial score (nSPS) is 9.71. The molecule has 2 N–H and O–H groups in total. The molecule has 1 aromatic heterocycles. The fraction of sp³-hybridized carbons (Fsp3) is 0.364. The lowest BCUT2D eigenvalue weighted by Crippen LogP contribution is -2.24. The number of carboxylic acids is 1. The van der Waals surface area contributed by atoms with E-state index in [4.69, 9.17) is 9.84 Å². The van der Waals surface area contributed by atoms with Crippen molar-refractivity contribution in [3.63, 3.8) is 0 Å². The lowest BCUT2D eigenvalue weighted by Gasteiger charge is -2.04. The van der Waals surface area contributed by atoms with Crippen LogP contribution in [-0.4, -0.2) is 35.6 Å². The minimum absolute atomic E-state index is 0.0428. The van der Waals surface area contributed by atoms with Crippen LogP contribution in [0.1, 0.15) is 23.2 Å². The molecule has 1 rings (SSSR count). The number of carbonyl (C=O) groups excluding carboxylic acids is 1. The predicted octanol–water partition coefficient (Wildman–Crippen LogP) is 0.685. The molecule has 1 amide bonds. The molecule has 0 aliphatic carbocycles. The summed E-state index contributed by atoms with van der Waals surface area (Å²) >= 11 is 0. The van der Waals surface area contributed by atoms with Crippen LogP contribution in [0.2, 0.25) is 0 Å². The van der Waals surface area contributed by atoms with Crippen LogP contribution in [0.25, 0.3) is 0 Å². The summed E-state index contributed by atoms with van der Waals surface area (Å²) in [6.45, 7) is 0.331. The number of hydrogen-bond donors (Lipinski definition) is 2. The van der Waals surface area contributed by atoms with Crippen molar-refractivity contribution in [1.82, 2.24) is 10.3 Å². The van der Waals surface area contributed by atoms with Crippen molar-refractivity contribution in [3.8, 4) is 5.88 Å². The van der Waals surface area contributed by atoms with E-state index < -0.39 is 5.97 Å². The van der Waals surface area contributed by atoms with E-state index in [0.29, 0.717) is 24.4 Å². The van der Waals surface area contributed by atoms with Gasteiger partial charge in [0.05, 0.1) is 12.7 Å². The Balaban J connectivity index is 2.38. The second kappa shape index (κ2) is 6.47. The number of aromatic nitrogens is 1. The summed E-state index contributed by atoms with van der Waals surface area (Å²) in [4.78, 5) is 25.7. The van der Waals surface area contributed by atoms with Crippen molar-refractivity contribution in [3.05, 3.63) is 23.9 Å². The zero-order valence-corrected chi connectivity index (χ0v) is 9.47. The Labute approximate surface area is 98.6 Å². The van der Waals surface area contributed by atoms with Crippen molar-refractivity contribution in [2.24, 2.45) is 0 Å². The van der Waals surface area contributed by atoms with E-state index in [2.05, 4.69) is 10.3 Å². The minimum atomic E-state index is -0.870. The summed E-state index contributed by atoms with van der Waals surface area (Å²) in [7, 11) is 1.49. The molecule has 0 atom stereocenters. The largest absolute Gasteiger partial charge is 0.481 e. The van der Waals surface area contributed by atoms with E-state index in [-0.39, 0.29) is 12.3 Å². The standard InChI is InChI=1S/C11H14N2O4/c1-17-9-5-4-8(7-13-9)11(16)12-6-2-3-10(14)15/h4-5,7H,2-3,6H2,1H3,(H,12,16)(H,14,15). The van der Waals surface area contributed by atoms with Gasteiger partial charge in [0.2, 0.25) is 5.88 Å². The summed E-state index contributed by atoms with van der Waals surface area (Å²) < 4.78 is 4.87. The average molecular weight is 238 g/mol. The van der Waals surface area contributed by atoms with Gasteiger partial charge in [-0.1, -0.05) is 0 Å². The van der Waals surface area contributed by atoms with Gasteiger partial charge in [0.25, 0.3) is 5.91 Å². The number of nitrogens with zero attached hydrogens (tertiary/aromatic N) is 1. The fourth-order valence-corrected chi connectivity index (χ4v) is 1.18. The molecule has 0 aromatic carbocycles. The maximum atomic E-state index is 11.5. The number of amides is 1. The van der Waals surface area contributed by atoms with Crippen LogP contribution in [0.3, 0.4) is 0 Å². The molecule has 1 heterocycles. The highest BCUT2D eigenvalue weighted by Gasteiger charge is 2.05. The SMILES string of the molecule is COc1ccc(C(=O)NCCCC(=O)O)cn1. The molecule has 17 heavy (non-hydrogen) atoms. The van der Waals surface area contributed by atoms with Gasteiger partial charge in [-0.05, 0) is 12.5 Å². The van der Waals surface area contributed by atoms with Crippen molar-refractivity contribution in [1.29, 1.82) is 0 Å². The number of carboxylic acid groups (broad SMARTS) is 1. The van der Waals surface area contributed by atoms with Crippen molar-refractivity contribution < 1.29 is 19.4 Å². The second-order valence-electron chi connectivity index (χ2n) is 3.34. The second-order valence-corrected chi connectivity index (χ2v) is 3.34. The van der Waals surface area contributed by atoms with Crippen molar-refractivity contribution in [2.45, 2.75) is 12.8 Å². The molecular formula is C11H14N2O4. The van der Waals surface area contributed by atoms with Crippen LogP contribution < -0.4 is 10.1 Å². The van der Waals surface area contributed by atoms with Gasteiger partial charge in [0.1, 0.15) is 0 Å². The molecule has 0 fully saturated rings. The van der Waals surface area contributed by atoms with Gasteiger partial charge in [-0.2, -0.15) is 0 Å². The number of nitrogens with one attached hydrogen (secondary N) is 1. The van der Waals surface area contributed by atoms with Crippen LogP contribution in [-0.2, 0) is 4.79 Å². The molecule has 6 heteroatoms. The lowest BCUT2D eigenvalue weighted by atomic mass is 10.2. The molecule has 0 radical (unpaired) electrons. The molecule has 0 saturated carbocycles. The fourth-order valence-electron chi connectivity index (χ4n) is 1.18. The zero-order valence-electron chi connectivity index (χ0n) is 9.47. The van der Waals surface area contributed by atoms with Gasteiger partial charge < -0.3 is 15.2 Å².